The summed E-state index contributed by atoms with van der Waals surface area (Å²) in [6.07, 6.45) is 6.01. The second-order valence-corrected chi connectivity index (χ2v) is 6.11. The Labute approximate surface area is 233 Å². The van der Waals surface area contributed by atoms with Crippen LogP contribution in [0.2, 0.25) is 0 Å². The number of nitrogens with zero attached hydrogens (tertiary/aromatic N) is 3. The molecule has 0 aromatic carbocycles. The van der Waals surface area contributed by atoms with Crippen LogP contribution in [-0.2, 0) is 0 Å². The second kappa shape index (κ2) is 16.9. The number of carbonyl (C=O) groups is 6. The normalized spacial score (nSPS) is 8.84. The first-order valence-electron chi connectivity index (χ1n) is 8.96. The number of hydrogen-bond donors (Lipinski definition) is 0. The van der Waals surface area contributed by atoms with E-state index in [4.69, 9.17) is 0 Å². The Hall–Kier alpha value is -4.67. The van der Waals surface area contributed by atoms with Crippen LogP contribution in [0.3, 0.4) is 0 Å². The third kappa shape index (κ3) is 11.8. The van der Waals surface area contributed by atoms with Gasteiger partial charge in [0.2, 0.25) is 0 Å². The first-order chi connectivity index (χ1) is 16.8. The van der Waals surface area contributed by atoms with Crippen LogP contribution < -0.4 is 30.6 Å². The Morgan fingerprint density at radius 1 is 0.368 bits per heavy atom. The average molecular weight is 549 g/mol. The molecule has 0 unspecified atom stereocenters. The monoisotopic (exact) mass is 549 g/mol. The molecule has 0 aliphatic heterocycles. The molecule has 3 aromatic heterocycles. The van der Waals surface area contributed by atoms with Crippen molar-refractivity contribution >= 4 is 70.5 Å². The molecule has 15 nitrogen and oxygen atoms in total. The molecule has 186 valence electrons. The minimum Gasteiger partial charge on any atom is -0.545 e. The summed E-state index contributed by atoms with van der Waals surface area (Å²) in [5.74, 6) is -8.80. The van der Waals surface area contributed by atoms with Crippen LogP contribution in [0.1, 0.15) is 62.1 Å². The molecule has 0 fully saturated rings. The van der Waals surface area contributed by atoms with Crippen molar-refractivity contribution in [1.82, 2.24) is 15.0 Å². The summed E-state index contributed by atoms with van der Waals surface area (Å²) in [4.78, 5) is 71.4. The van der Waals surface area contributed by atoms with Gasteiger partial charge in [-0.15, -0.1) is 0 Å². The predicted octanol–water partition coefficient (Wildman–Crippen LogP) is -7.34. The standard InChI is InChI=1S/3C7H5NO4.2Al/c3*9-6(10)4-1-5(7(11)12)3-8-2-4;;/h3*1-3H,(H,9,10)(H,11,12);;/q;;;2*+3/p-6. The van der Waals surface area contributed by atoms with E-state index in [1.807, 2.05) is 0 Å². The molecule has 0 radical (unpaired) electrons. The molecule has 0 atom stereocenters. The number of hydrogen-bond acceptors (Lipinski definition) is 15. The van der Waals surface area contributed by atoms with Gasteiger partial charge in [-0.25, -0.2) is 0 Å². The minimum absolute atomic E-state index is 0. The summed E-state index contributed by atoms with van der Waals surface area (Å²) >= 11 is 0. The molecule has 0 aliphatic rings. The summed E-state index contributed by atoms with van der Waals surface area (Å²) in [5, 5.41) is 61.3. The quantitative estimate of drug-likeness (QED) is 0.258. The van der Waals surface area contributed by atoms with Crippen LogP contribution in [0.4, 0.5) is 0 Å². The fourth-order valence-corrected chi connectivity index (χ4v) is 1.99. The predicted molar refractivity (Wildman–Crippen MR) is 110 cm³/mol. The number of carboxylic acid groups (broad SMARTS) is 6. The second-order valence-electron chi connectivity index (χ2n) is 6.11. The van der Waals surface area contributed by atoms with Crippen molar-refractivity contribution in [2.45, 2.75) is 0 Å². The van der Waals surface area contributed by atoms with Crippen LogP contribution in [0.25, 0.3) is 0 Å². The Morgan fingerprint density at radius 2 is 0.500 bits per heavy atom. The van der Waals surface area contributed by atoms with Crippen molar-refractivity contribution in [3.05, 3.63) is 88.8 Å². The van der Waals surface area contributed by atoms with E-state index in [0.717, 1.165) is 55.4 Å². The number of rotatable bonds is 6. The first kappa shape index (κ1) is 35.5. The summed E-state index contributed by atoms with van der Waals surface area (Å²) in [6.45, 7) is 0. The molecule has 3 heterocycles. The zero-order valence-corrected chi connectivity index (χ0v) is 20.9. The fourth-order valence-electron chi connectivity index (χ4n) is 1.99. The molecule has 0 N–H and O–H groups in total. The molecular formula is C21H9Al2N3O12. The van der Waals surface area contributed by atoms with Crippen molar-refractivity contribution in [1.29, 1.82) is 0 Å². The van der Waals surface area contributed by atoms with Crippen molar-refractivity contribution in [2.75, 3.05) is 0 Å². The van der Waals surface area contributed by atoms with Gasteiger partial charge in [-0.3, -0.25) is 15.0 Å². The molecule has 0 aliphatic carbocycles. The Morgan fingerprint density at radius 3 is 0.605 bits per heavy atom. The summed E-state index contributed by atoms with van der Waals surface area (Å²) in [6, 6.07) is 2.78. The van der Waals surface area contributed by atoms with Crippen molar-refractivity contribution < 1.29 is 59.4 Å². The van der Waals surface area contributed by atoms with Gasteiger partial charge in [0.05, 0.1) is 35.8 Å². The maximum atomic E-state index is 10.2. The van der Waals surface area contributed by atoms with Gasteiger partial charge in [-0.2, -0.15) is 0 Å². The third-order valence-corrected chi connectivity index (χ3v) is 3.63. The zero-order valence-electron chi connectivity index (χ0n) is 18.6. The van der Waals surface area contributed by atoms with E-state index in [-0.39, 0.29) is 68.1 Å². The Bertz CT molecular complexity index is 1090. The van der Waals surface area contributed by atoms with Gasteiger partial charge < -0.3 is 59.4 Å². The van der Waals surface area contributed by atoms with Crippen LogP contribution in [0.5, 0.6) is 0 Å². The van der Waals surface area contributed by atoms with E-state index in [2.05, 4.69) is 15.0 Å². The fraction of sp³-hybridized carbons (Fsp3) is 0. The molecule has 0 bridgehead atoms. The number of aromatic nitrogens is 3. The van der Waals surface area contributed by atoms with E-state index in [1.165, 1.54) is 0 Å². The van der Waals surface area contributed by atoms with E-state index < -0.39 is 35.8 Å². The van der Waals surface area contributed by atoms with E-state index in [9.17, 15) is 59.4 Å². The van der Waals surface area contributed by atoms with Gasteiger partial charge in [0.1, 0.15) is 0 Å². The van der Waals surface area contributed by atoms with Gasteiger partial charge in [0.25, 0.3) is 0 Å². The maximum Gasteiger partial charge on any atom is 3.00 e. The molecule has 0 saturated carbocycles. The van der Waals surface area contributed by atoms with Crippen LogP contribution in [0.15, 0.2) is 55.4 Å². The smallest absolute Gasteiger partial charge is 0.545 e. The van der Waals surface area contributed by atoms with Gasteiger partial charge in [0, 0.05) is 70.6 Å². The van der Waals surface area contributed by atoms with E-state index in [0.29, 0.717) is 0 Å². The third-order valence-electron chi connectivity index (χ3n) is 3.63. The largest absolute Gasteiger partial charge is 3.00 e. The SMILES string of the molecule is O=C([O-])c1cncc(C(=O)[O-])c1.O=C([O-])c1cncc(C(=O)[O-])c1.O=C([O-])c1cncc(C(=O)[O-])c1.[Al+3].[Al+3]. The summed E-state index contributed by atoms with van der Waals surface area (Å²) < 4.78 is 0. The molecule has 0 amide bonds. The van der Waals surface area contributed by atoms with Crippen molar-refractivity contribution in [3.63, 3.8) is 0 Å². The van der Waals surface area contributed by atoms with Crippen LogP contribution in [0, 0.1) is 0 Å². The molecule has 0 saturated heterocycles. The topological polar surface area (TPSA) is 279 Å². The molecular weight excluding hydrogens is 540 g/mol. The first-order valence-corrected chi connectivity index (χ1v) is 8.96. The zero-order chi connectivity index (χ0) is 27.4. The summed E-state index contributed by atoms with van der Waals surface area (Å²) in [7, 11) is 0. The van der Waals surface area contributed by atoms with Gasteiger partial charge >= 0.3 is 34.7 Å². The minimum atomic E-state index is -1.47. The number of carboxylic acids is 6. The van der Waals surface area contributed by atoms with Crippen LogP contribution >= 0.6 is 0 Å². The molecule has 3 aromatic rings. The molecule has 38 heavy (non-hydrogen) atoms. The Balaban J connectivity index is 0. The van der Waals surface area contributed by atoms with E-state index in [1.54, 1.807) is 0 Å². The molecule has 3 rings (SSSR count). The van der Waals surface area contributed by atoms with Gasteiger partial charge in [-0.05, 0) is 18.2 Å². The maximum absolute atomic E-state index is 10.2. The van der Waals surface area contributed by atoms with Gasteiger partial charge in [-0.1, -0.05) is 0 Å². The van der Waals surface area contributed by atoms with Crippen molar-refractivity contribution in [3.8, 4) is 0 Å². The number of pyridine rings is 3. The van der Waals surface area contributed by atoms with Crippen LogP contribution in [-0.4, -0.2) is 85.5 Å². The molecule has 0 spiro atoms. The van der Waals surface area contributed by atoms with E-state index >= 15 is 0 Å². The number of carbonyl (C=O) groups excluding carboxylic acids is 6. The summed E-state index contributed by atoms with van der Waals surface area (Å²) in [5.41, 5.74) is -1.68. The molecule has 17 heteroatoms. The number of aromatic carboxylic acids is 6. The average Bonchev–Trinajstić information content (AvgIpc) is 2.85. The van der Waals surface area contributed by atoms with Crippen molar-refractivity contribution in [2.24, 2.45) is 0 Å². The van der Waals surface area contributed by atoms with Gasteiger partial charge in [0.15, 0.2) is 0 Å². The Kier molecular flexibility index (Phi) is 15.8.